The molecule has 0 atom stereocenters. The Morgan fingerprint density at radius 1 is 1.19 bits per heavy atom. The van der Waals surface area contributed by atoms with Gasteiger partial charge in [0.25, 0.3) is 0 Å². The molecule has 1 aliphatic rings. The van der Waals surface area contributed by atoms with Crippen molar-refractivity contribution in [3.63, 3.8) is 0 Å². The van der Waals surface area contributed by atoms with Gasteiger partial charge in [-0.25, -0.2) is 13.8 Å². The van der Waals surface area contributed by atoms with Crippen LogP contribution in [0.2, 0.25) is 0 Å². The van der Waals surface area contributed by atoms with Gasteiger partial charge < -0.3 is 20.7 Å². The summed E-state index contributed by atoms with van der Waals surface area (Å²) in [6.45, 7) is 12.9. The first-order chi connectivity index (χ1) is 15.5. The average Bonchev–Trinajstić information content (AvgIpc) is 3.06. The highest BCUT2D eigenvalue weighted by Crippen LogP contribution is 2.28. The molecule has 1 aromatic heterocycles. The number of ether oxygens (including phenoxy) is 1. The van der Waals surface area contributed by atoms with Gasteiger partial charge in [0.1, 0.15) is 17.3 Å². The molecule has 1 saturated heterocycles. The smallest absolute Gasteiger partial charge is 0.135 e. The minimum Gasteiger partial charge on any atom is -0.397 e. The molecule has 7 heteroatoms. The van der Waals surface area contributed by atoms with Crippen molar-refractivity contribution in [2.75, 3.05) is 32.0 Å². The highest BCUT2D eigenvalue weighted by molar-refractivity contribution is 5.74. The highest BCUT2D eigenvalue weighted by Gasteiger charge is 2.18. The molecule has 0 bridgehead atoms. The molecule has 3 rings (SSSR count). The van der Waals surface area contributed by atoms with Crippen molar-refractivity contribution in [1.82, 2.24) is 15.2 Å². The topological polar surface area (TPSA) is 63.4 Å². The predicted octanol–water partition coefficient (Wildman–Crippen LogP) is 4.87. The molecule has 2 heterocycles. The number of aromatic nitrogens is 1. The lowest BCUT2D eigenvalue weighted by Gasteiger charge is -2.26. The van der Waals surface area contributed by atoms with E-state index in [0.29, 0.717) is 23.7 Å². The van der Waals surface area contributed by atoms with Gasteiger partial charge in [-0.05, 0) is 49.8 Å². The van der Waals surface area contributed by atoms with Crippen LogP contribution in [-0.4, -0.2) is 36.2 Å². The molecule has 1 fully saturated rings. The Balaban J connectivity index is 1.97. The Bertz CT molecular complexity index is 1030. The van der Waals surface area contributed by atoms with E-state index >= 15 is 0 Å². The Hall–Kier alpha value is -3.45. The SMILES string of the molecule is C=C/C(NC(=C)c1nc(-c2c(F)cccc2F)ccc1N)=C(\C=C/C)N1CCCOCC1. The van der Waals surface area contributed by atoms with E-state index in [9.17, 15) is 8.78 Å². The fourth-order valence-corrected chi connectivity index (χ4v) is 3.55. The van der Waals surface area contributed by atoms with Gasteiger partial charge in [0, 0.05) is 19.7 Å². The van der Waals surface area contributed by atoms with E-state index in [0.717, 1.165) is 37.5 Å². The summed E-state index contributed by atoms with van der Waals surface area (Å²) < 4.78 is 34.1. The molecule has 32 heavy (non-hydrogen) atoms. The summed E-state index contributed by atoms with van der Waals surface area (Å²) in [5.74, 6) is -1.39. The molecule has 0 radical (unpaired) electrons. The third-order valence-corrected chi connectivity index (χ3v) is 5.08. The maximum atomic E-state index is 14.3. The zero-order chi connectivity index (χ0) is 23.1. The Morgan fingerprint density at radius 3 is 2.62 bits per heavy atom. The number of hydrogen-bond acceptors (Lipinski definition) is 5. The third-order valence-electron chi connectivity index (χ3n) is 5.08. The van der Waals surface area contributed by atoms with E-state index in [1.165, 1.54) is 24.3 Å². The molecule has 168 valence electrons. The van der Waals surface area contributed by atoms with E-state index in [-0.39, 0.29) is 11.3 Å². The molecule has 2 aromatic rings. The number of allylic oxidation sites excluding steroid dienone is 3. The lowest BCUT2D eigenvalue weighted by Crippen LogP contribution is -2.28. The van der Waals surface area contributed by atoms with Crippen LogP contribution in [0.1, 0.15) is 19.0 Å². The minimum absolute atomic E-state index is 0.134. The second-order valence-corrected chi connectivity index (χ2v) is 7.29. The third kappa shape index (κ3) is 5.23. The average molecular weight is 439 g/mol. The Labute approximate surface area is 187 Å². The van der Waals surface area contributed by atoms with Crippen LogP contribution in [-0.2, 0) is 4.74 Å². The van der Waals surface area contributed by atoms with Crippen LogP contribution in [0.3, 0.4) is 0 Å². The van der Waals surface area contributed by atoms with E-state index < -0.39 is 11.6 Å². The van der Waals surface area contributed by atoms with Crippen molar-refractivity contribution in [2.24, 2.45) is 0 Å². The van der Waals surface area contributed by atoms with Crippen molar-refractivity contribution < 1.29 is 13.5 Å². The monoisotopic (exact) mass is 438 g/mol. The highest BCUT2D eigenvalue weighted by atomic mass is 19.1. The molecule has 0 spiro atoms. The number of benzene rings is 1. The van der Waals surface area contributed by atoms with Crippen LogP contribution >= 0.6 is 0 Å². The quantitative estimate of drug-likeness (QED) is 0.604. The second-order valence-electron chi connectivity index (χ2n) is 7.29. The van der Waals surface area contributed by atoms with Crippen LogP contribution in [0.4, 0.5) is 14.5 Å². The summed E-state index contributed by atoms with van der Waals surface area (Å²) in [5, 5.41) is 3.24. The van der Waals surface area contributed by atoms with Crippen LogP contribution in [0.25, 0.3) is 17.0 Å². The maximum absolute atomic E-state index is 14.3. The number of nitrogens with zero attached hydrogens (tertiary/aromatic N) is 2. The van der Waals surface area contributed by atoms with E-state index in [2.05, 4.69) is 28.4 Å². The first kappa shape index (κ1) is 23.2. The van der Waals surface area contributed by atoms with Crippen molar-refractivity contribution in [3.05, 3.63) is 90.4 Å². The number of nitrogen functional groups attached to an aromatic ring is 1. The summed E-state index contributed by atoms with van der Waals surface area (Å²) in [6, 6.07) is 6.74. The first-order valence-corrected chi connectivity index (χ1v) is 10.5. The molecule has 3 N–H and O–H groups in total. The number of anilines is 1. The molecule has 0 amide bonds. The number of hydrogen-bond donors (Lipinski definition) is 2. The maximum Gasteiger partial charge on any atom is 0.135 e. The zero-order valence-corrected chi connectivity index (χ0v) is 18.2. The fourth-order valence-electron chi connectivity index (χ4n) is 3.55. The lowest BCUT2D eigenvalue weighted by molar-refractivity contribution is 0.145. The number of nitrogens with one attached hydrogen (secondary N) is 1. The number of halogens is 2. The minimum atomic E-state index is -0.697. The summed E-state index contributed by atoms with van der Waals surface area (Å²) in [4.78, 5) is 6.62. The summed E-state index contributed by atoms with van der Waals surface area (Å²) >= 11 is 0. The van der Waals surface area contributed by atoms with Gasteiger partial charge in [-0.1, -0.05) is 25.3 Å². The van der Waals surface area contributed by atoms with Crippen LogP contribution in [0, 0.1) is 11.6 Å². The number of rotatable bonds is 7. The standard InChI is InChI=1S/C25H28F2N4O/c1-4-8-23(31-13-7-15-32-16-14-31)21(5-2)29-17(3)25-20(28)11-12-22(30-25)24-18(26)9-6-10-19(24)27/h4-6,8-12,29H,2-3,7,13-16,28H2,1H3/b8-4-,23-21-. The lowest BCUT2D eigenvalue weighted by atomic mass is 10.1. The molecule has 0 aliphatic carbocycles. The molecular formula is C25H28F2N4O. The molecule has 1 aromatic carbocycles. The van der Waals surface area contributed by atoms with Gasteiger partial charge in [-0.15, -0.1) is 0 Å². The largest absolute Gasteiger partial charge is 0.397 e. The van der Waals surface area contributed by atoms with Crippen molar-refractivity contribution >= 4 is 11.4 Å². The second kappa shape index (κ2) is 10.7. The van der Waals surface area contributed by atoms with E-state index in [1.54, 1.807) is 12.1 Å². The van der Waals surface area contributed by atoms with Crippen LogP contribution in [0.5, 0.6) is 0 Å². The van der Waals surface area contributed by atoms with Gasteiger partial charge in [0.2, 0.25) is 0 Å². The van der Waals surface area contributed by atoms with Crippen molar-refractivity contribution in [2.45, 2.75) is 13.3 Å². The van der Waals surface area contributed by atoms with E-state index in [4.69, 9.17) is 10.5 Å². The summed E-state index contributed by atoms with van der Waals surface area (Å²) in [6.07, 6.45) is 6.55. The Morgan fingerprint density at radius 2 is 1.94 bits per heavy atom. The van der Waals surface area contributed by atoms with Gasteiger partial charge in [-0.3, -0.25) is 0 Å². The fraction of sp³-hybridized carbons (Fsp3) is 0.240. The number of pyridine rings is 1. The van der Waals surface area contributed by atoms with Gasteiger partial charge in [-0.2, -0.15) is 0 Å². The molecule has 0 unspecified atom stereocenters. The van der Waals surface area contributed by atoms with Gasteiger partial charge >= 0.3 is 0 Å². The molecule has 5 nitrogen and oxygen atoms in total. The molecule has 1 aliphatic heterocycles. The van der Waals surface area contributed by atoms with E-state index in [1.807, 2.05) is 19.1 Å². The molecule has 0 saturated carbocycles. The Kier molecular flexibility index (Phi) is 7.78. The first-order valence-electron chi connectivity index (χ1n) is 10.5. The van der Waals surface area contributed by atoms with Crippen LogP contribution in [0.15, 0.2) is 73.1 Å². The zero-order valence-electron chi connectivity index (χ0n) is 18.2. The predicted molar refractivity (Wildman–Crippen MR) is 125 cm³/mol. The van der Waals surface area contributed by atoms with Crippen LogP contribution < -0.4 is 11.1 Å². The summed E-state index contributed by atoms with van der Waals surface area (Å²) in [5.41, 5.74) is 8.74. The summed E-state index contributed by atoms with van der Waals surface area (Å²) in [7, 11) is 0. The normalized spacial score (nSPS) is 15.3. The number of nitrogens with two attached hydrogens (primary N) is 1. The van der Waals surface area contributed by atoms with Gasteiger partial charge in [0.15, 0.2) is 0 Å². The van der Waals surface area contributed by atoms with Crippen molar-refractivity contribution in [1.29, 1.82) is 0 Å². The van der Waals surface area contributed by atoms with Crippen molar-refractivity contribution in [3.8, 4) is 11.3 Å². The molecular weight excluding hydrogens is 410 g/mol. The van der Waals surface area contributed by atoms with Gasteiger partial charge in [0.05, 0.1) is 40.6 Å².